The van der Waals surface area contributed by atoms with Gasteiger partial charge < -0.3 is 10.6 Å². The number of rotatable bonds is 3. The lowest BCUT2D eigenvalue weighted by Gasteiger charge is -2.15. The van der Waals surface area contributed by atoms with Gasteiger partial charge in [-0.2, -0.15) is 11.8 Å². The highest BCUT2D eigenvalue weighted by Crippen LogP contribution is 2.25. The molecule has 0 bridgehead atoms. The summed E-state index contributed by atoms with van der Waals surface area (Å²) in [6.45, 7) is 3.23. The van der Waals surface area contributed by atoms with Crippen LogP contribution in [0, 0.1) is 0 Å². The van der Waals surface area contributed by atoms with E-state index >= 15 is 0 Å². The van der Waals surface area contributed by atoms with Crippen molar-refractivity contribution in [3.05, 3.63) is 0 Å². The Morgan fingerprint density at radius 3 is 3.07 bits per heavy atom. The van der Waals surface area contributed by atoms with Gasteiger partial charge in [0.25, 0.3) is 0 Å². The maximum Gasteiger partial charge on any atom is 0.220 e. The number of nitrogens with one attached hydrogen (secondary N) is 2. The van der Waals surface area contributed by atoms with Crippen LogP contribution in [0.1, 0.15) is 26.2 Å². The first-order chi connectivity index (χ1) is 6.74. The molecule has 4 heteroatoms. The predicted octanol–water partition coefficient (Wildman–Crippen LogP) is 0.749. The van der Waals surface area contributed by atoms with E-state index in [0.717, 1.165) is 18.2 Å². The fraction of sp³-hybridized carbons (Fsp3) is 0.900. The molecular weight excluding hydrogens is 196 g/mol. The van der Waals surface area contributed by atoms with Gasteiger partial charge in [0, 0.05) is 36.1 Å². The van der Waals surface area contributed by atoms with Crippen LogP contribution in [0.25, 0.3) is 0 Å². The second kappa shape index (κ2) is 4.53. The van der Waals surface area contributed by atoms with Crippen molar-refractivity contribution < 1.29 is 4.79 Å². The summed E-state index contributed by atoms with van der Waals surface area (Å²) in [7, 11) is 0. The Bertz CT molecular complexity index is 222. The van der Waals surface area contributed by atoms with Crippen LogP contribution in [0.2, 0.25) is 0 Å². The summed E-state index contributed by atoms with van der Waals surface area (Å²) in [5.74, 6) is 1.44. The second-order valence-electron chi connectivity index (χ2n) is 4.29. The second-order valence-corrected chi connectivity index (χ2v) is 5.76. The summed E-state index contributed by atoms with van der Waals surface area (Å²) < 4.78 is 0. The van der Waals surface area contributed by atoms with Crippen molar-refractivity contribution in [3.8, 4) is 0 Å². The van der Waals surface area contributed by atoms with E-state index in [4.69, 9.17) is 0 Å². The van der Waals surface area contributed by atoms with Crippen molar-refractivity contribution in [1.29, 1.82) is 0 Å². The molecule has 2 N–H and O–H groups in total. The van der Waals surface area contributed by atoms with Crippen LogP contribution in [0.4, 0.5) is 0 Å². The van der Waals surface area contributed by atoms with Crippen molar-refractivity contribution >= 4 is 17.7 Å². The van der Waals surface area contributed by atoms with E-state index in [1.54, 1.807) is 0 Å². The van der Waals surface area contributed by atoms with Gasteiger partial charge in [0.2, 0.25) is 5.91 Å². The zero-order valence-electron chi connectivity index (χ0n) is 8.58. The van der Waals surface area contributed by atoms with Crippen LogP contribution in [0.15, 0.2) is 0 Å². The molecule has 2 fully saturated rings. The molecule has 2 aliphatic heterocycles. The first kappa shape index (κ1) is 10.3. The molecule has 2 rings (SSSR count). The average molecular weight is 214 g/mol. The Labute approximate surface area is 89.4 Å². The molecule has 2 aliphatic rings. The van der Waals surface area contributed by atoms with Crippen LogP contribution in [-0.2, 0) is 4.79 Å². The summed E-state index contributed by atoms with van der Waals surface area (Å²) in [6, 6.07) is 1.04. The minimum absolute atomic E-state index is 0.214. The number of thioether (sulfide) groups is 1. The van der Waals surface area contributed by atoms with Crippen molar-refractivity contribution in [2.75, 3.05) is 12.3 Å². The zero-order chi connectivity index (χ0) is 9.97. The van der Waals surface area contributed by atoms with E-state index in [-0.39, 0.29) is 5.91 Å². The fourth-order valence-corrected chi connectivity index (χ4v) is 3.28. The molecule has 0 aliphatic carbocycles. The average Bonchev–Trinajstić information content (AvgIpc) is 2.72. The van der Waals surface area contributed by atoms with Gasteiger partial charge in [-0.05, 0) is 12.8 Å². The van der Waals surface area contributed by atoms with Gasteiger partial charge in [-0.15, -0.1) is 0 Å². The molecule has 0 spiro atoms. The topological polar surface area (TPSA) is 41.1 Å². The summed E-state index contributed by atoms with van der Waals surface area (Å²) in [4.78, 5) is 11.0. The van der Waals surface area contributed by atoms with Gasteiger partial charge >= 0.3 is 0 Å². The number of carbonyl (C=O) groups excluding carboxylic acids is 1. The minimum atomic E-state index is 0.214. The molecule has 14 heavy (non-hydrogen) atoms. The van der Waals surface area contributed by atoms with E-state index in [9.17, 15) is 4.79 Å². The van der Waals surface area contributed by atoms with Crippen molar-refractivity contribution in [2.45, 2.75) is 43.5 Å². The van der Waals surface area contributed by atoms with Crippen LogP contribution >= 0.6 is 11.8 Å². The van der Waals surface area contributed by atoms with Gasteiger partial charge in [0.1, 0.15) is 0 Å². The number of hydrogen-bond acceptors (Lipinski definition) is 3. The van der Waals surface area contributed by atoms with Crippen LogP contribution in [-0.4, -0.2) is 35.5 Å². The molecule has 0 aromatic heterocycles. The van der Waals surface area contributed by atoms with Crippen LogP contribution in [0.5, 0.6) is 0 Å². The third-order valence-corrected chi connectivity index (χ3v) is 4.29. The summed E-state index contributed by atoms with van der Waals surface area (Å²) in [6.07, 6.45) is 2.98. The molecule has 0 aromatic rings. The smallest absolute Gasteiger partial charge is 0.220 e. The van der Waals surface area contributed by atoms with Gasteiger partial charge in [-0.1, -0.05) is 6.92 Å². The maximum absolute atomic E-state index is 11.0. The Morgan fingerprint density at radius 1 is 1.64 bits per heavy atom. The number of amides is 1. The molecule has 3 unspecified atom stereocenters. The SMILES string of the molecule is CC1CC(NCC2CCC(=O)N2)CS1. The molecule has 2 heterocycles. The fourth-order valence-electron chi connectivity index (χ4n) is 2.10. The quantitative estimate of drug-likeness (QED) is 0.728. The van der Waals surface area contributed by atoms with Gasteiger partial charge in [-0.3, -0.25) is 4.79 Å². The predicted molar refractivity (Wildman–Crippen MR) is 59.5 cm³/mol. The zero-order valence-corrected chi connectivity index (χ0v) is 9.40. The van der Waals surface area contributed by atoms with Crippen molar-refractivity contribution in [3.63, 3.8) is 0 Å². The molecule has 0 radical (unpaired) electrons. The molecule has 80 valence electrons. The molecule has 3 nitrogen and oxygen atoms in total. The standard InChI is InChI=1S/C10H18N2OS/c1-7-4-9(6-14-7)11-5-8-2-3-10(13)12-8/h7-9,11H,2-6H2,1H3,(H,12,13). The normalized spacial score (nSPS) is 37.5. The van der Waals surface area contributed by atoms with Gasteiger partial charge in [0.15, 0.2) is 0 Å². The Morgan fingerprint density at radius 2 is 2.50 bits per heavy atom. The molecule has 0 aromatic carbocycles. The third kappa shape index (κ3) is 2.64. The summed E-state index contributed by atoms with van der Waals surface area (Å²) >= 11 is 2.04. The van der Waals surface area contributed by atoms with Crippen LogP contribution in [0.3, 0.4) is 0 Å². The lowest BCUT2D eigenvalue weighted by molar-refractivity contribution is -0.119. The summed E-state index contributed by atoms with van der Waals surface area (Å²) in [5, 5.41) is 7.32. The first-order valence-corrected chi connectivity index (χ1v) is 6.43. The van der Waals surface area contributed by atoms with Gasteiger partial charge in [0.05, 0.1) is 0 Å². The molecule has 1 amide bonds. The third-order valence-electron chi connectivity index (χ3n) is 2.94. The first-order valence-electron chi connectivity index (χ1n) is 5.38. The Hall–Kier alpha value is -0.220. The number of hydrogen-bond donors (Lipinski definition) is 2. The largest absolute Gasteiger partial charge is 0.352 e. The Balaban J connectivity index is 1.65. The molecular formula is C10H18N2OS. The van der Waals surface area contributed by atoms with Crippen molar-refractivity contribution in [1.82, 2.24) is 10.6 Å². The van der Waals surface area contributed by atoms with Crippen LogP contribution < -0.4 is 10.6 Å². The molecule has 0 saturated carbocycles. The van der Waals surface area contributed by atoms with E-state index in [0.29, 0.717) is 18.5 Å². The lowest BCUT2D eigenvalue weighted by atomic mass is 10.1. The van der Waals surface area contributed by atoms with Gasteiger partial charge in [-0.25, -0.2) is 0 Å². The van der Waals surface area contributed by atoms with E-state index in [2.05, 4.69) is 17.6 Å². The summed E-state index contributed by atoms with van der Waals surface area (Å²) in [5.41, 5.74) is 0. The highest BCUT2D eigenvalue weighted by molar-refractivity contribution is 8.00. The molecule has 2 saturated heterocycles. The van der Waals surface area contributed by atoms with E-state index in [1.807, 2.05) is 11.8 Å². The lowest BCUT2D eigenvalue weighted by Crippen LogP contribution is -2.40. The van der Waals surface area contributed by atoms with E-state index in [1.165, 1.54) is 12.2 Å². The number of carbonyl (C=O) groups is 1. The van der Waals surface area contributed by atoms with Crippen molar-refractivity contribution in [2.24, 2.45) is 0 Å². The maximum atomic E-state index is 11.0. The monoisotopic (exact) mass is 214 g/mol. The Kier molecular flexibility index (Phi) is 3.34. The minimum Gasteiger partial charge on any atom is -0.352 e. The molecule has 3 atom stereocenters. The van der Waals surface area contributed by atoms with E-state index < -0.39 is 0 Å². The highest BCUT2D eigenvalue weighted by atomic mass is 32.2. The highest BCUT2D eigenvalue weighted by Gasteiger charge is 2.24.